The summed E-state index contributed by atoms with van der Waals surface area (Å²) < 4.78 is 43.8. The number of hydrogen-bond acceptors (Lipinski definition) is 2. The number of carbonyl (C=O) groups is 1. The van der Waals surface area contributed by atoms with Gasteiger partial charge in [0, 0.05) is 5.56 Å². The van der Waals surface area contributed by atoms with Gasteiger partial charge in [0.1, 0.15) is 18.6 Å². The quantitative estimate of drug-likeness (QED) is 0.733. The van der Waals surface area contributed by atoms with E-state index in [-0.39, 0.29) is 11.6 Å². The van der Waals surface area contributed by atoms with Crippen molar-refractivity contribution in [1.82, 2.24) is 0 Å². The molecule has 0 atom stereocenters. The fourth-order valence-electron chi connectivity index (χ4n) is 1.97. The Labute approximate surface area is 130 Å². The van der Waals surface area contributed by atoms with E-state index in [1.54, 1.807) is 19.1 Å². The first-order chi connectivity index (χ1) is 10.3. The van der Waals surface area contributed by atoms with Gasteiger partial charge in [0.25, 0.3) is 0 Å². The van der Waals surface area contributed by atoms with E-state index in [1.807, 2.05) is 0 Å². The fraction of sp³-hybridized carbons (Fsp3) is 0.188. The molecule has 0 spiro atoms. The summed E-state index contributed by atoms with van der Waals surface area (Å²) in [5.74, 6) is 0.422. The van der Waals surface area contributed by atoms with Crippen molar-refractivity contribution in [3.8, 4) is 5.75 Å². The third-order valence-electron chi connectivity index (χ3n) is 2.95. The van der Waals surface area contributed by atoms with E-state index in [1.165, 1.54) is 18.2 Å². The molecule has 22 heavy (non-hydrogen) atoms. The first-order valence-corrected chi connectivity index (χ1v) is 6.72. The van der Waals surface area contributed by atoms with Gasteiger partial charge < -0.3 is 4.74 Å². The van der Waals surface area contributed by atoms with E-state index in [0.29, 0.717) is 23.2 Å². The number of halogens is 4. The number of alkyl halides is 3. The topological polar surface area (TPSA) is 26.3 Å². The zero-order valence-electron chi connectivity index (χ0n) is 11.6. The summed E-state index contributed by atoms with van der Waals surface area (Å²) in [4.78, 5) is 10.8. The van der Waals surface area contributed by atoms with Crippen LogP contribution in [0.4, 0.5) is 13.2 Å². The highest BCUT2D eigenvalue weighted by atomic mass is 35.5. The van der Waals surface area contributed by atoms with Crippen LogP contribution in [0.15, 0.2) is 36.4 Å². The van der Waals surface area contributed by atoms with Crippen LogP contribution < -0.4 is 4.74 Å². The van der Waals surface area contributed by atoms with Gasteiger partial charge in [-0.1, -0.05) is 17.7 Å². The molecule has 0 aliphatic heterocycles. The van der Waals surface area contributed by atoms with Crippen molar-refractivity contribution in [2.24, 2.45) is 0 Å². The van der Waals surface area contributed by atoms with Gasteiger partial charge >= 0.3 is 6.18 Å². The SMILES string of the molecule is Cc1cc(C=O)cc(OCc2ccc(Cl)c(C(F)(F)F)c2)c1. The van der Waals surface area contributed by atoms with Crippen LogP contribution in [0.5, 0.6) is 5.75 Å². The van der Waals surface area contributed by atoms with Crippen molar-refractivity contribution in [2.45, 2.75) is 19.7 Å². The van der Waals surface area contributed by atoms with Gasteiger partial charge in [-0.2, -0.15) is 13.2 Å². The predicted molar refractivity (Wildman–Crippen MR) is 77.4 cm³/mol. The molecule has 0 saturated heterocycles. The maximum absolute atomic E-state index is 12.8. The summed E-state index contributed by atoms with van der Waals surface area (Å²) >= 11 is 5.56. The highest BCUT2D eigenvalue weighted by Gasteiger charge is 2.33. The monoisotopic (exact) mass is 328 g/mol. The van der Waals surface area contributed by atoms with Crippen LogP contribution in [0.25, 0.3) is 0 Å². The molecule has 0 fully saturated rings. The van der Waals surface area contributed by atoms with Gasteiger partial charge in [-0.05, 0) is 48.4 Å². The molecule has 0 N–H and O–H groups in total. The molecule has 116 valence electrons. The minimum atomic E-state index is -4.51. The van der Waals surface area contributed by atoms with Crippen molar-refractivity contribution in [1.29, 1.82) is 0 Å². The molecule has 0 amide bonds. The molecule has 0 saturated carbocycles. The van der Waals surface area contributed by atoms with E-state index < -0.39 is 11.7 Å². The summed E-state index contributed by atoms with van der Waals surface area (Å²) in [6, 6.07) is 8.53. The summed E-state index contributed by atoms with van der Waals surface area (Å²) in [6.07, 6.45) is -3.83. The van der Waals surface area contributed by atoms with Crippen LogP contribution >= 0.6 is 11.6 Å². The standard InChI is InChI=1S/C16H12ClF3O2/c1-10-4-12(8-21)6-13(5-10)22-9-11-2-3-15(17)14(7-11)16(18,19)20/h2-8H,9H2,1H3. The molecule has 0 bridgehead atoms. The van der Waals surface area contributed by atoms with Crippen LogP contribution in [-0.4, -0.2) is 6.29 Å². The highest BCUT2D eigenvalue weighted by molar-refractivity contribution is 6.31. The van der Waals surface area contributed by atoms with Crippen molar-refractivity contribution in [3.05, 3.63) is 63.7 Å². The summed E-state index contributed by atoms with van der Waals surface area (Å²) in [5, 5.41) is -0.352. The molecule has 6 heteroatoms. The molecule has 0 radical (unpaired) electrons. The Bertz CT molecular complexity index is 696. The number of aryl methyl sites for hydroxylation is 1. The second-order valence-corrected chi connectivity index (χ2v) is 5.21. The number of rotatable bonds is 4. The number of hydrogen-bond donors (Lipinski definition) is 0. The lowest BCUT2D eigenvalue weighted by atomic mass is 10.1. The molecule has 0 aliphatic rings. The molecule has 2 aromatic rings. The van der Waals surface area contributed by atoms with Crippen LogP contribution in [0, 0.1) is 6.92 Å². The molecule has 0 aromatic heterocycles. The summed E-state index contributed by atoms with van der Waals surface area (Å²) in [7, 11) is 0. The Hall–Kier alpha value is -2.01. The maximum atomic E-state index is 12.8. The molecule has 2 rings (SSSR count). The zero-order valence-corrected chi connectivity index (χ0v) is 12.3. The van der Waals surface area contributed by atoms with E-state index in [2.05, 4.69) is 0 Å². The molecule has 0 unspecified atom stereocenters. The second-order valence-electron chi connectivity index (χ2n) is 4.80. The van der Waals surface area contributed by atoms with Crippen LogP contribution in [0.3, 0.4) is 0 Å². The van der Waals surface area contributed by atoms with Crippen molar-refractivity contribution in [3.63, 3.8) is 0 Å². The Morgan fingerprint density at radius 1 is 1.18 bits per heavy atom. The first-order valence-electron chi connectivity index (χ1n) is 6.35. The average Bonchev–Trinajstić information content (AvgIpc) is 2.44. The largest absolute Gasteiger partial charge is 0.489 e. The molecule has 0 aliphatic carbocycles. The van der Waals surface area contributed by atoms with Crippen molar-refractivity contribution in [2.75, 3.05) is 0 Å². The van der Waals surface area contributed by atoms with Crippen molar-refractivity contribution < 1.29 is 22.7 Å². The Kier molecular flexibility index (Phi) is 4.76. The Morgan fingerprint density at radius 3 is 2.55 bits per heavy atom. The maximum Gasteiger partial charge on any atom is 0.417 e. The lowest BCUT2D eigenvalue weighted by molar-refractivity contribution is -0.137. The highest BCUT2D eigenvalue weighted by Crippen LogP contribution is 2.35. The summed E-state index contributed by atoms with van der Waals surface area (Å²) in [5.41, 5.74) is 0.716. The molecule has 2 aromatic carbocycles. The molecule has 2 nitrogen and oxygen atoms in total. The van der Waals surface area contributed by atoms with Gasteiger partial charge in [0.15, 0.2) is 0 Å². The lowest BCUT2D eigenvalue weighted by Crippen LogP contribution is -2.07. The van der Waals surface area contributed by atoms with E-state index in [4.69, 9.17) is 16.3 Å². The van der Waals surface area contributed by atoms with Crippen LogP contribution in [0.1, 0.15) is 27.0 Å². The number of carbonyl (C=O) groups excluding carboxylic acids is 1. The number of ether oxygens (including phenoxy) is 1. The number of aldehydes is 1. The van der Waals surface area contributed by atoms with Gasteiger partial charge in [0.2, 0.25) is 0 Å². The fourth-order valence-corrected chi connectivity index (χ4v) is 2.20. The minimum absolute atomic E-state index is 0.0536. The smallest absolute Gasteiger partial charge is 0.417 e. The minimum Gasteiger partial charge on any atom is -0.489 e. The third kappa shape index (κ3) is 4.01. The van der Waals surface area contributed by atoms with E-state index in [0.717, 1.165) is 11.6 Å². The second kappa shape index (κ2) is 6.40. The normalized spacial score (nSPS) is 11.3. The number of benzene rings is 2. The average molecular weight is 329 g/mol. The Balaban J connectivity index is 2.19. The Morgan fingerprint density at radius 2 is 1.91 bits per heavy atom. The van der Waals surface area contributed by atoms with Crippen LogP contribution in [0.2, 0.25) is 5.02 Å². The predicted octanol–water partition coefficient (Wildman–Crippen LogP) is 5.06. The van der Waals surface area contributed by atoms with Gasteiger partial charge in [-0.15, -0.1) is 0 Å². The van der Waals surface area contributed by atoms with Gasteiger partial charge in [-0.3, -0.25) is 4.79 Å². The van der Waals surface area contributed by atoms with Crippen LogP contribution in [-0.2, 0) is 12.8 Å². The first kappa shape index (κ1) is 16.4. The molecule has 0 heterocycles. The van der Waals surface area contributed by atoms with Gasteiger partial charge in [0.05, 0.1) is 10.6 Å². The zero-order chi connectivity index (χ0) is 16.3. The van der Waals surface area contributed by atoms with E-state index >= 15 is 0 Å². The van der Waals surface area contributed by atoms with E-state index in [9.17, 15) is 18.0 Å². The lowest BCUT2D eigenvalue weighted by Gasteiger charge is -2.12. The van der Waals surface area contributed by atoms with Crippen molar-refractivity contribution >= 4 is 17.9 Å². The third-order valence-corrected chi connectivity index (χ3v) is 3.28. The van der Waals surface area contributed by atoms with Gasteiger partial charge in [-0.25, -0.2) is 0 Å². The molecular formula is C16H12ClF3O2. The molecular weight excluding hydrogens is 317 g/mol. The summed E-state index contributed by atoms with van der Waals surface area (Å²) in [6.45, 7) is 1.74.